The van der Waals surface area contributed by atoms with Gasteiger partial charge in [-0.2, -0.15) is 0 Å². The number of rotatable bonds is 5. The SMILES string of the molecule is CCCNC(=O)[C@@H]1CN(C(=O)CN2C(=O)c3ccccc3C2=O)c2ccccc2O1. The number of amides is 4. The number of hydrogen-bond donors (Lipinski definition) is 1. The molecule has 0 aliphatic carbocycles. The highest BCUT2D eigenvalue weighted by Gasteiger charge is 2.39. The number of carbonyl (C=O) groups is 4. The average Bonchev–Trinajstić information content (AvgIpc) is 3.01. The van der Waals surface area contributed by atoms with Gasteiger partial charge in [0, 0.05) is 6.54 Å². The highest BCUT2D eigenvalue weighted by atomic mass is 16.5. The molecule has 0 saturated carbocycles. The Balaban J connectivity index is 1.56. The minimum atomic E-state index is -0.877. The van der Waals surface area contributed by atoms with E-state index < -0.39 is 30.4 Å². The zero-order chi connectivity index (χ0) is 21.3. The molecular formula is C22H21N3O5. The second-order valence-corrected chi connectivity index (χ2v) is 7.11. The number of benzene rings is 2. The Morgan fingerprint density at radius 3 is 2.33 bits per heavy atom. The third kappa shape index (κ3) is 3.41. The fourth-order valence-electron chi connectivity index (χ4n) is 3.57. The molecule has 2 heterocycles. The van der Waals surface area contributed by atoms with Gasteiger partial charge in [-0.15, -0.1) is 0 Å². The Hall–Kier alpha value is -3.68. The normalized spacial score (nSPS) is 17.3. The summed E-state index contributed by atoms with van der Waals surface area (Å²) in [6.45, 7) is 2.02. The van der Waals surface area contributed by atoms with Crippen LogP contribution in [0, 0.1) is 0 Å². The first-order valence-corrected chi connectivity index (χ1v) is 9.80. The number of nitrogens with zero attached hydrogens (tertiary/aromatic N) is 2. The van der Waals surface area contributed by atoms with E-state index in [9.17, 15) is 19.2 Å². The number of carbonyl (C=O) groups excluding carboxylic acids is 4. The van der Waals surface area contributed by atoms with Gasteiger partial charge in [0.1, 0.15) is 12.3 Å². The molecule has 4 rings (SSSR count). The first-order valence-electron chi connectivity index (χ1n) is 9.80. The summed E-state index contributed by atoms with van der Waals surface area (Å²) in [6.07, 6.45) is -0.102. The third-order valence-corrected chi connectivity index (χ3v) is 5.09. The molecule has 1 atom stereocenters. The number of fused-ring (bicyclic) bond motifs is 2. The van der Waals surface area contributed by atoms with Crippen LogP contribution in [0.15, 0.2) is 48.5 Å². The molecule has 0 fully saturated rings. The van der Waals surface area contributed by atoms with Crippen LogP contribution in [0.25, 0.3) is 0 Å². The Morgan fingerprint density at radius 1 is 1.03 bits per heavy atom. The van der Waals surface area contributed by atoms with Crippen molar-refractivity contribution in [1.82, 2.24) is 10.2 Å². The van der Waals surface area contributed by atoms with E-state index in [2.05, 4.69) is 5.32 Å². The van der Waals surface area contributed by atoms with Gasteiger partial charge >= 0.3 is 0 Å². The van der Waals surface area contributed by atoms with Gasteiger partial charge in [0.25, 0.3) is 17.7 Å². The molecule has 8 nitrogen and oxygen atoms in total. The van der Waals surface area contributed by atoms with Crippen LogP contribution in [0.2, 0.25) is 0 Å². The molecule has 30 heavy (non-hydrogen) atoms. The van der Waals surface area contributed by atoms with Crippen molar-refractivity contribution in [2.24, 2.45) is 0 Å². The molecule has 2 aromatic carbocycles. The molecule has 1 N–H and O–H groups in total. The van der Waals surface area contributed by atoms with Crippen LogP contribution in [0.5, 0.6) is 5.75 Å². The number of anilines is 1. The van der Waals surface area contributed by atoms with Crippen LogP contribution in [-0.2, 0) is 9.59 Å². The summed E-state index contributed by atoms with van der Waals surface area (Å²) in [7, 11) is 0. The lowest BCUT2D eigenvalue weighted by Crippen LogP contribution is -2.53. The van der Waals surface area contributed by atoms with E-state index in [-0.39, 0.29) is 23.6 Å². The molecule has 154 valence electrons. The van der Waals surface area contributed by atoms with Gasteiger partial charge < -0.3 is 15.0 Å². The predicted octanol–water partition coefficient (Wildman–Crippen LogP) is 1.60. The molecule has 2 aliphatic rings. The number of nitrogens with one attached hydrogen (secondary N) is 1. The molecular weight excluding hydrogens is 386 g/mol. The van der Waals surface area contributed by atoms with E-state index in [1.807, 2.05) is 6.92 Å². The second-order valence-electron chi connectivity index (χ2n) is 7.11. The fourth-order valence-corrected chi connectivity index (χ4v) is 3.57. The highest BCUT2D eigenvalue weighted by molar-refractivity contribution is 6.22. The van der Waals surface area contributed by atoms with E-state index in [0.29, 0.717) is 18.0 Å². The standard InChI is InChI=1S/C22H21N3O5/c1-2-11-23-20(27)18-12-24(16-9-5-6-10-17(16)30-18)19(26)13-25-21(28)14-7-3-4-8-15(14)22(25)29/h3-10,18H,2,11-13H2,1H3,(H,23,27)/t18-/m0/s1. The molecule has 0 bridgehead atoms. The van der Waals surface area contributed by atoms with Gasteiger partial charge in [0.2, 0.25) is 5.91 Å². The van der Waals surface area contributed by atoms with E-state index in [1.165, 1.54) is 4.90 Å². The van der Waals surface area contributed by atoms with Gasteiger partial charge in [-0.3, -0.25) is 24.1 Å². The number of hydrogen-bond acceptors (Lipinski definition) is 5. The lowest BCUT2D eigenvalue weighted by Gasteiger charge is -2.34. The van der Waals surface area contributed by atoms with Crippen LogP contribution in [0.3, 0.4) is 0 Å². The van der Waals surface area contributed by atoms with Crippen molar-refractivity contribution >= 4 is 29.3 Å². The summed E-state index contributed by atoms with van der Waals surface area (Å²) < 4.78 is 5.78. The van der Waals surface area contributed by atoms with Gasteiger partial charge in [-0.1, -0.05) is 31.2 Å². The van der Waals surface area contributed by atoms with Crippen molar-refractivity contribution in [3.8, 4) is 5.75 Å². The maximum absolute atomic E-state index is 13.1. The Morgan fingerprint density at radius 2 is 1.67 bits per heavy atom. The minimum absolute atomic E-state index is 0.00539. The lowest BCUT2D eigenvalue weighted by atomic mass is 10.1. The largest absolute Gasteiger partial charge is 0.477 e. The summed E-state index contributed by atoms with van der Waals surface area (Å²) in [6, 6.07) is 13.4. The molecule has 0 spiro atoms. The molecule has 0 saturated heterocycles. The Bertz CT molecular complexity index is 1000. The summed E-state index contributed by atoms with van der Waals surface area (Å²) in [5.74, 6) is -1.37. The summed E-state index contributed by atoms with van der Waals surface area (Å²) >= 11 is 0. The number of para-hydroxylation sites is 2. The number of imide groups is 1. The molecule has 4 amide bonds. The van der Waals surface area contributed by atoms with Gasteiger partial charge in [-0.05, 0) is 30.7 Å². The van der Waals surface area contributed by atoms with Gasteiger partial charge in [0.15, 0.2) is 6.10 Å². The third-order valence-electron chi connectivity index (χ3n) is 5.09. The van der Waals surface area contributed by atoms with Crippen LogP contribution < -0.4 is 15.0 Å². The maximum Gasteiger partial charge on any atom is 0.262 e. The van der Waals surface area contributed by atoms with Crippen molar-refractivity contribution in [1.29, 1.82) is 0 Å². The summed E-state index contributed by atoms with van der Waals surface area (Å²) in [4.78, 5) is 53.1. The molecule has 2 aliphatic heterocycles. The van der Waals surface area contributed by atoms with E-state index in [0.717, 1.165) is 11.3 Å². The van der Waals surface area contributed by atoms with Crippen molar-refractivity contribution in [3.63, 3.8) is 0 Å². The van der Waals surface area contributed by atoms with E-state index in [1.54, 1.807) is 48.5 Å². The second kappa shape index (κ2) is 7.98. The summed E-state index contributed by atoms with van der Waals surface area (Å²) in [5.41, 5.74) is 1.07. The zero-order valence-electron chi connectivity index (χ0n) is 16.5. The van der Waals surface area contributed by atoms with Crippen molar-refractivity contribution in [2.75, 3.05) is 24.5 Å². The molecule has 0 radical (unpaired) electrons. The van der Waals surface area contributed by atoms with Gasteiger partial charge in [-0.25, -0.2) is 0 Å². The van der Waals surface area contributed by atoms with Crippen LogP contribution in [-0.4, -0.2) is 54.3 Å². The van der Waals surface area contributed by atoms with Crippen LogP contribution >= 0.6 is 0 Å². The van der Waals surface area contributed by atoms with Gasteiger partial charge in [0.05, 0.1) is 23.4 Å². The molecule has 0 aromatic heterocycles. The summed E-state index contributed by atoms with van der Waals surface area (Å²) in [5, 5.41) is 2.77. The quantitative estimate of drug-likeness (QED) is 0.760. The monoisotopic (exact) mass is 407 g/mol. The van der Waals surface area contributed by atoms with E-state index >= 15 is 0 Å². The highest BCUT2D eigenvalue weighted by Crippen LogP contribution is 2.33. The smallest absolute Gasteiger partial charge is 0.262 e. The number of ether oxygens (including phenoxy) is 1. The molecule has 8 heteroatoms. The van der Waals surface area contributed by atoms with Crippen molar-refractivity contribution < 1.29 is 23.9 Å². The molecule has 2 aromatic rings. The zero-order valence-corrected chi connectivity index (χ0v) is 16.5. The topological polar surface area (TPSA) is 96.0 Å². The maximum atomic E-state index is 13.1. The lowest BCUT2D eigenvalue weighted by molar-refractivity contribution is -0.128. The van der Waals surface area contributed by atoms with Crippen LogP contribution in [0.1, 0.15) is 34.1 Å². The van der Waals surface area contributed by atoms with Crippen molar-refractivity contribution in [3.05, 3.63) is 59.7 Å². The van der Waals surface area contributed by atoms with Crippen LogP contribution in [0.4, 0.5) is 5.69 Å². The Labute approximate surface area is 173 Å². The Kier molecular flexibility index (Phi) is 5.22. The first-order chi connectivity index (χ1) is 14.5. The fraction of sp³-hybridized carbons (Fsp3) is 0.273. The molecule has 0 unspecified atom stereocenters. The van der Waals surface area contributed by atoms with Crippen molar-refractivity contribution in [2.45, 2.75) is 19.4 Å². The average molecular weight is 407 g/mol. The first kappa shape index (κ1) is 19.6. The predicted molar refractivity (Wildman–Crippen MR) is 108 cm³/mol. The minimum Gasteiger partial charge on any atom is -0.477 e. The van der Waals surface area contributed by atoms with E-state index in [4.69, 9.17) is 4.74 Å².